The van der Waals surface area contributed by atoms with E-state index in [1.165, 1.54) is 0 Å². The van der Waals surface area contributed by atoms with Gasteiger partial charge in [0.15, 0.2) is 6.29 Å². The Balaban J connectivity index is 0.000000518. The summed E-state index contributed by atoms with van der Waals surface area (Å²) < 4.78 is 10.6. The summed E-state index contributed by atoms with van der Waals surface area (Å²) in [4.78, 5) is 26.3. The molecule has 8 heteroatoms. The molecule has 1 fully saturated rings. The van der Waals surface area contributed by atoms with Gasteiger partial charge >= 0.3 is 6.09 Å². The summed E-state index contributed by atoms with van der Waals surface area (Å²) in [7, 11) is 2.06. The van der Waals surface area contributed by atoms with E-state index in [1.54, 1.807) is 17.9 Å². The van der Waals surface area contributed by atoms with Crippen molar-refractivity contribution in [1.82, 2.24) is 9.80 Å². The zero-order valence-electron chi connectivity index (χ0n) is 19.5. The number of hydrogen-bond donors (Lipinski definition) is 0. The van der Waals surface area contributed by atoms with Crippen LogP contribution in [-0.4, -0.2) is 67.6 Å². The Bertz CT molecular complexity index is 683. The Morgan fingerprint density at radius 3 is 2.13 bits per heavy atom. The summed E-state index contributed by atoms with van der Waals surface area (Å²) in [6.07, 6.45) is 0.493. The van der Waals surface area contributed by atoms with Crippen molar-refractivity contribution in [2.75, 3.05) is 39.8 Å². The number of likely N-dealkylation sites (N-methyl/N-ethyl adjacent to an activating group) is 1. The van der Waals surface area contributed by atoms with Gasteiger partial charge in [0, 0.05) is 31.2 Å². The molecule has 0 atom stereocenters. The molecule has 1 aliphatic rings. The average molecular weight is 463 g/mol. The molecule has 1 aliphatic heterocycles. The summed E-state index contributed by atoms with van der Waals surface area (Å²) in [5.41, 5.74) is 0.718. The van der Waals surface area contributed by atoms with Crippen molar-refractivity contribution >= 4 is 35.6 Å². The lowest BCUT2D eigenvalue weighted by Crippen LogP contribution is -2.48. The first-order chi connectivity index (χ1) is 14.0. The summed E-state index contributed by atoms with van der Waals surface area (Å²) in [5.74, 6) is 0.408. The minimum absolute atomic E-state index is 0.189. The van der Waals surface area contributed by atoms with Gasteiger partial charge in [0.25, 0.3) is 0 Å². The number of rotatable bonds is 3. The van der Waals surface area contributed by atoms with Crippen molar-refractivity contribution in [1.29, 1.82) is 0 Å². The Morgan fingerprint density at radius 2 is 1.70 bits per heavy atom. The molecule has 0 aliphatic carbocycles. The molecule has 172 valence electrons. The number of carbonyl (C=O) groups is 2. The number of hydrogen-bond acceptors (Lipinski definition) is 5. The summed E-state index contributed by atoms with van der Waals surface area (Å²) >= 11 is 11.9. The molecule has 1 saturated heterocycles. The number of amides is 1. The van der Waals surface area contributed by atoms with E-state index < -0.39 is 0 Å². The molecule has 0 spiro atoms. The van der Waals surface area contributed by atoms with Gasteiger partial charge in [0.05, 0.1) is 17.2 Å². The standard InChI is InChI=1S/C10H10Cl2O2.C10H20N2O2.C2H6/c1-3-14-10-7(5-13)4-8(11)6(2)9(10)12;1-10(2,3)14-9(13)12-7-5-11(4)6-8-12;1-2/h4-5H,3H2,1-2H3;5-8H2,1-4H3;1-2H3. The number of halogens is 2. The zero-order valence-corrected chi connectivity index (χ0v) is 21.0. The maximum atomic E-state index is 11.6. The summed E-state index contributed by atoms with van der Waals surface area (Å²) in [6.45, 7) is 17.1. The first-order valence-corrected chi connectivity index (χ1v) is 11.0. The molecule has 1 aromatic rings. The summed E-state index contributed by atoms with van der Waals surface area (Å²) in [6, 6.07) is 1.56. The Labute approximate surface area is 191 Å². The SMILES string of the molecule is CC.CCOc1c(C=O)cc(Cl)c(C)c1Cl.CN1CCN(C(=O)OC(C)(C)C)CC1. The van der Waals surface area contributed by atoms with Crippen LogP contribution in [0.25, 0.3) is 0 Å². The molecule has 1 aromatic carbocycles. The maximum Gasteiger partial charge on any atom is 0.410 e. The molecule has 0 saturated carbocycles. The van der Waals surface area contributed by atoms with Gasteiger partial charge in [-0.15, -0.1) is 0 Å². The second-order valence-corrected chi connectivity index (χ2v) is 8.32. The molecule has 0 unspecified atom stereocenters. The highest BCUT2D eigenvalue weighted by molar-refractivity contribution is 6.37. The molecule has 6 nitrogen and oxygen atoms in total. The van der Waals surface area contributed by atoms with Crippen molar-refractivity contribution in [2.45, 2.75) is 54.1 Å². The largest absolute Gasteiger partial charge is 0.492 e. The molecule has 0 N–H and O–H groups in total. The number of carbonyl (C=O) groups excluding carboxylic acids is 2. The van der Waals surface area contributed by atoms with Gasteiger partial charge in [0.2, 0.25) is 0 Å². The van der Waals surface area contributed by atoms with E-state index in [2.05, 4.69) is 11.9 Å². The van der Waals surface area contributed by atoms with Crippen molar-refractivity contribution in [3.05, 3.63) is 27.2 Å². The first-order valence-electron chi connectivity index (χ1n) is 10.2. The molecule has 2 rings (SSSR count). The third-order valence-corrected chi connectivity index (χ3v) is 4.85. The van der Waals surface area contributed by atoms with E-state index in [0.29, 0.717) is 34.3 Å². The second-order valence-electron chi connectivity index (χ2n) is 7.54. The van der Waals surface area contributed by atoms with Crippen LogP contribution in [0.3, 0.4) is 0 Å². The fourth-order valence-corrected chi connectivity index (χ4v) is 2.93. The van der Waals surface area contributed by atoms with Crippen molar-refractivity contribution in [2.24, 2.45) is 0 Å². The highest BCUT2D eigenvalue weighted by Crippen LogP contribution is 2.35. The number of ether oxygens (including phenoxy) is 2. The third-order valence-electron chi connectivity index (χ3n) is 4.00. The molecule has 0 bridgehead atoms. The fraction of sp³-hybridized carbons (Fsp3) is 0.636. The first kappa shape index (κ1) is 28.5. The van der Waals surface area contributed by atoms with Crippen LogP contribution in [0.1, 0.15) is 57.5 Å². The highest BCUT2D eigenvalue weighted by atomic mass is 35.5. The fourth-order valence-electron chi connectivity index (χ4n) is 2.41. The van der Waals surface area contributed by atoms with Crippen LogP contribution in [0.4, 0.5) is 4.79 Å². The monoisotopic (exact) mass is 462 g/mol. The zero-order chi connectivity index (χ0) is 23.5. The van der Waals surface area contributed by atoms with Crippen molar-refractivity contribution < 1.29 is 19.1 Å². The van der Waals surface area contributed by atoms with Crippen LogP contribution < -0.4 is 4.74 Å². The van der Waals surface area contributed by atoms with Gasteiger partial charge < -0.3 is 19.3 Å². The second kappa shape index (κ2) is 13.7. The quantitative estimate of drug-likeness (QED) is 0.538. The van der Waals surface area contributed by atoms with Crippen molar-refractivity contribution in [3.8, 4) is 5.75 Å². The molecule has 30 heavy (non-hydrogen) atoms. The topological polar surface area (TPSA) is 59.1 Å². The smallest absolute Gasteiger partial charge is 0.410 e. The van der Waals surface area contributed by atoms with Crippen LogP contribution in [0.5, 0.6) is 5.75 Å². The molecular weight excluding hydrogens is 427 g/mol. The molecule has 0 radical (unpaired) electrons. The number of nitrogens with zero attached hydrogens (tertiary/aromatic N) is 2. The average Bonchev–Trinajstić information content (AvgIpc) is 2.69. The maximum absolute atomic E-state index is 11.6. The van der Waals surface area contributed by atoms with Crippen molar-refractivity contribution in [3.63, 3.8) is 0 Å². The Kier molecular flexibility index (Phi) is 13.0. The Morgan fingerprint density at radius 1 is 1.17 bits per heavy atom. The van der Waals surface area contributed by atoms with Gasteiger partial charge in [-0.1, -0.05) is 37.0 Å². The lowest BCUT2D eigenvalue weighted by Gasteiger charge is -2.33. The predicted molar refractivity (Wildman–Crippen MR) is 124 cm³/mol. The minimum atomic E-state index is -0.388. The lowest BCUT2D eigenvalue weighted by atomic mass is 10.1. The molecule has 0 aromatic heterocycles. The minimum Gasteiger partial charge on any atom is -0.492 e. The normalized spacial score (nSPS) is 14.0. The van der Waals surface area contributed by atoms with Crippen LogP contribution in [0.2, 0.25) is 10.0 Å². The van der Waals surface area contributed by atoms with Crippen LogP contribution in [0.15, 0.2) is 6.07 Å². The molecular formula is C22H36Cl2N2O4. The van der Waals surface area contributed by atoms with E-state index in [1.807, 2.05) is 41.5 Å². The Hall–Kier alpha value is -1.50. The van der Waals surface area contributed by atoms with Gasteiger partial charge in [-0.3, -0.25) is 4.79 Å². The van der Waals surface area contributed by atoms with Crippen LogP contribution in [-0.2, 0) is 4.74 Å². The van der Waals surface area contributed by atoms with E-state index in [9.17, 15) is 9.59 Å². The van der Waals surface area contributed by atoms with Gasteiger partial charge in [0.1, 0.15) is 11.4 Å². The van der Waals surface area contributed by atoms with Gasteiger partial charge in [-0.2, -0.15) is 0 Å². The van der Waals surface area contributed by atoms with Gasteiger partial charge in [-0.25, -0.2) is 4.79 Å². The van der Waals surface area contributed by atoms with Crippen LogP contribution >= 0.6 is 23.2 Å². The predicted octanol–water partition coefficient (Wildman–Crippen LogP) is 5.71. The number of aldehydes is 1. The molecule has 1 heterocycles. The van der Waals surface area contributed by atoms with E-state index >= 15 is 0 Å². The van der Waals surface area contributed by atoms with E-state index in [4.69, 9.17) is 32.7 Å². The number of benzene rings is 1. The van der Waals surface area contributed by atoms with Crippen LogP contribution in [0, 0.1) is 6.92 Å². The number of piperazine rings is 1. The van der Waals surface area contributed by atoms with E-state index in [0.717, 1.165) is 31.7 Å². The lowest BCUT2D eigenvalue weighted by molar-refractivity contribution is 0.0164. The van der Waals surface area contributed by atoms with Gasteiger partial charge in [-0.05, 0) is 53.3 Å². The third kappa shape index (κ3) is 9.54. The molecule has 1 amide bonds. The highest BCUT2D eigenvalue weighted by Gasteiger charge is 2.24. The van der Waals surface area contributed by atoms with E-state index in [-0.39, 0.29) is 11.7 Å². The summed E-state index contributed by atoms with van der Waals surface area (Å²) in [5, 5.41) is 0.877.